The van der Waals surface area contributed by atoms with Gasteiger partial charge in [-0.1, -0.05) is 36.4 Å². The molecule has 27 heavy (non-hydrogen) atoms. The fourth-order valence-electron chi connectivity index (χ4n) is 2.76. The number of hydrogen-bond donors (Lipinski definition) is 0. The quantitative estimate of drug-likeness (QED) is 0.628. The molecule has 6 heteroatoms. The summed E-state index contributed by atoms with van der Waals surface area (Å²) in [5, 5.41) is 0. The SMILES string of the molecule is Cc1cnccc1C(=O)N(Cc1ccccc1)c1cccc(C(F)(F)F)c1. The molecule has 0 spiro atoms. The maximum atomic E-state index is 13.1. The number of rotatable bonds is 4. The second kappa shape index (κ2) is 7.61. The maximum Gasteiger partial charge on any atom is 0.416 e. The van der Waals surface area contributed by atoms with Crippen molar-refractivity contribution in [2.45, 2.75) is 19.6 Å². The van der Waals surface area contributed by atoms with Gasteiger partial charge in [0.15, 0.2) is 0 Å². The molecule has 3 nitrogen and oxygen atoms in total. The van der Waals surface area contributed by atoms with E-state index in [4.69, 9.17) is 0 Å². The van der Waals surface area contributed by atoms with Crippen LogP contribution in [0.1, 0.15) is 27.0 Å². The molecular weight excluding hydrogens is 353 g/mol. The number of alkyl halides is 3. The average molecular weight is 370 g/mol. The zero-order valence-corrected chi connectivity index (χ0v) is 14.6. The van der Waals surface area contributed by atoms with E-state index in [1.807, 2.05) is 30.3 Å². The number of halogens is 3. The third kappa shape index (κ3) is 4.34. The van der Waals surface area contributed by atoms with E-state index in [0.717, 1.165) is 17.7 Å². The Balaban J connectivity index is 2.05. The van der Waals surface area contributed by atoms with Crippen LogP contribution >= 0.6 is 0 Å². The predicted molar refractivity (Wildman–Crippen MR) is 97.4 cm³/mol. The molecule has 2 aromatic carbocycles. The molecule has 1 amide bonds. The molecule has 0 saturated carbocycles. The highest BCUT2D eigenvalue weighted by Gasteiger charge is 2.31. The Morgan fingerprint density at radius 2 is 1.78 bits per heavy atom. The number of aromatic nitrogens is 1. The Kier molecular flexibility index (Phi) is 5.26. The monoisotopic (exact) mass is 370 g/mol. The normalized spacial score (nSPS) is 11.3. The predicted octanol–water partition coefficient (Wildman–Crippen LogP) is 5.26. The maximum absolute atomic E-state index is 13.1. The third-order valence-corrected chi connectivity index (χ3v) is 4.16. The molecule has 0 N–H and O–H groups in total. The van der Waals surface area contributed by atoms with Crippen molar-refractivity contribution in [3.63, 3.8) is 0 Å². The van der Waals surface area contributed by atoms with Gasteiger partial charge in [-0.15, -0.1) is 0 Å². The number of benzene rings is 2. The fraction of sp³-hybridized carbons (Fsp3) is 0.143. The lowest BCUT2D eigenvalue weighted by Crippen LogP contribution is -2.31. The minimum Gasteiger partial charge on any atom is -0.304 e. The van der Waals surface area contributed by atoms with Crippen molar-refractivity contribution in [2.24, 2.45) is 0 Å². The van der Waals surface area contributed by atoms with Crippen molar-refractivity contribution in [3.05, 3.63) is 95.3 Å². The van der Waals surface area contributed by atoms with Crippen LogP contribution in [0.5, 0.6) is 0 Å². The second-order valence-corrected chi connectivity index (χ2v) is 6.12. The highest BCUT2D eigenvalue weighted by Crippen LogP contribution is 2.32. The van der Waals surface area contributed by atoms with Gasteiger partial charge in [0.2, 0.25) is 0 Å². The van der Waals surface area contributed by atoms with Crippen LogP contribution < -0.4 is 4.90 Å². The Morgan fingerprint density at radius 3 is 2.44 bits per heavy atom. The molecule has 0 bridgehead atoms. The van der Waals surface area contributed by atoms with Gasteiger partial charge in [-0.2, -0.15) is 13.2 Å². The van der Waals surface area contributed by atoms with Gasteiger partial charge in [0.05, 0.1) is 12.1 Å². The van der Waals surface area contributed by atoms with Crippen LogP contribution in [0.4, 0.5) is 18.9 Å². The Labute approximate surface area is 155 Å². The summed E-state index contributed by atoms with van der Waals surface area (Å²) >= 11 is 0. The number of amides is 1. The van der Waals surface area contributed by atoms with Crippen LogP contribution in [0.15, 0.2) is 73.1 Å². The first-order valence-corrected chi connectivity index (χ1v) is 8.30. The topological polar surface area (TPSA) is 33.2 Å². The molecule has 1 aromatic heterocycles. The van der Waals surface area contributed by atoms with E-state index < -0.39 is 11.7 Å². The average Bonchev–Trinajstić information content (AvgIpc) is 2.66. The summed E-state index contributed by atoms with van der Waals surface area (Å²) in [7, 11) is 0. The van der Waals surface area contributed by atoms with Gasteiger partial charge in [0, 0.05) is 23.6 Å². The van der Waals surface area contributed by atoms with Crippen molar-refractivity contribution in [2.75, 3.05) is 4.90 Å². The van der Waals surface area contributed by atoms with E-state index >= 15 is 0 Å². The number of pyridine rings is 1. The number of anilines is 1. The third-order valence-electron chi connectivity index (χ3n) is 4.16. The van der Waals surface area contributed by atoms with Gasteiger partial charge in [0.1, 0.15) is 0 Å². The summed E-state index contributed by atoms with van der Waals surface area (Å²) in [6.07, 6.45) is -1.43. The van der Waals surface area contributed by atoms with Gasteiger partial charge in [-0.25, -0.2) is 0 Å². The van der Waals surface area contributed by atoms with Crippen molar-refractivity contribution >= 4 is 11.6 Å². The molecule has 0 radical (unpaired) electrons. The summed E-state index contributed by atoms with van der Waals surface area (Å²) < 4.78 is 39.4. The van der Waals surface area contributed by atoms with E-state index in [1.54, 1.807) is 19.2 Å². The van der Waals surface area contributed by atoms with Crippen molar-refractivity contribution in [3.8, 4) is 0 Å². The zero-order valence-electron chi connectivity index (χ0n) is 14.6. The minimum atomic E-state index is -4.48. The molecule has 0 aliphatic rings. The van der Waals surface area contributed by atoms with Crippen LogP contribution in [0, 0.1) is 6.92 Å². The van der Waals surface area contributed by atoms with Gasteiger partial charge in [0.25, 0.3) is 5.91 Å². The first-order chi connectivity index (χ1) is 12.9. The van der Waals surface area contributed by atoms with Crippen molar-refractivity contribution in [1.29, 1.82) is 0 Å². The minimum absolute atomic E-state index is 0.156. The largest absolute Gasteiger partial charge is 0.416 e. The van der Waals surface area contributed by atoms with E-state index in [9.17, 15) is 18.0 Å². The first-order valence-electron chi connectivity index (χ1n) is 8.30. The van der Waals surface area contributed by atoms with Crippen molar-refractivity contribution in [1.82, 2.24) is 4.98 Å². The lowest BCUT2D eigenvalue weighted by Gasteiger charge is -2.24. The van der Waals surface area contributed by atoms with Gasteiger partial charge < -0.3 is 4.90 Å². The number of nitrogens with zero attached hydrogens (tertiary/aromatic N) is 2. The summed E-state index contributed by atoms with van der Waals surface area (Å²) in [5.74, 6) is -0.377. The van der Waals surface area contributed by atoms with E-state index in [1.165, 1.54) is 23.2 Å². The lowest BCUT2D eigenvalue weighted by atomic mass is 10.1. The van der Waals surface area contributed by atoms with E-state index in [2.05, 4.69) is 4.98 Å². The molecule has 0 fully saturated rings. The molecule has 0 aliphatic heterocycles. The smallest absolute Gasteiger partial charge is 0.304 e. The second-order valence-electron chi connectivity index (χ2n) is 6.12. The molecule has 138 valence electrons. The summed E-state index contributed by atoms with van der Waals surface area (Å²) in [6.45, 7) is 1.90. The lowest BCUT2D eigenvalue weighted by molar-refractivity contribution is -0.137. The standard InChI is InChI=1S/C21H17F3N2O/c1-15-13-25-11-10-19(15)20(27)26(14-16-6-3-2-4-7-16)18-9-5-8-17(12-18)21(22,23)24/h2-13H,14H2,1H3. The summed E-state index contributed by atoms with van der Waals surface area (Å²) in [4.78, 5) is 18.5. The Bertz CT molecular complexity index is 939. The number of carbonyl (C=O) groups excluding carboxylic acids is 1. The number of carbonyl (C=O) groups is 1. The van der Waals surface area contributed by atoms with Crippen LogP contribution in [0.2, 0.25) is 0 Å². The molecular formula is C21H17F3N2O. The Morgan fingerprint density at radius 1 is 1.04 bits per heavy atom. The Hall–Kier alpha value is -3.15. The molecule has 0 unspecified atom stereocenters. The molecule has 0 saturated heterocycles. The fourth-order valence-corrected chi connectivity index (χ4v) is 2.76. The highest BCUT2D eigenvalue weighted by molar-refractivity contribution is 6.06. The molecule has 3 rings (SSSR count). The number of aryl methyl sites for hydroxylation is 1. The van der Waals surface area contributed by atoms with Crippen LogP contribution in [-0.4, -0.2) is 10.9 Å². The summed E-state index contributed by atoms with van der Waals surface area (Å²) in [6, 6.07) is 15.5. The van der Waals surface area contributed by atoms with Crippen LogP contribution in [0.3, 0.4) is 0 Å². The van der Waals surface area contributed by atoms with Crippen LogP contribution in [0.25, 0.3) is 0 Å². The van der Waals surface area contributed by atoms with E-state index in [-0.39, 0.29) is 18.1 Å². The van der Waals surface area contributed by atoms with Crippen molar-refractivity contribution < 1.29 is 18.0 Å². The van der Waals surface area contributed by atoms with Gasteiger partial charge >= 0.3 is 6.18 Å². The van der Waals surface area contributed by atoms with Gasteiger partial charge in [-0.05, 0) is 42.3 Å². The number of hydrogen-bond acceptors (Lipinski definition) is 2. The zero-order chi connectivity index (χ0) is 19.4. The van der Waals surface area contributed by atoms with Gasteiger partial charge in [-0.3, -0.25) is 9.78 Å². The molecule has 1 heterocycles. The molecule has 0 aliphatic carbocycles. The molecule has 0 atom stereocenters. The summed E-state index contributed by atoms with van der Waals surface area (Å²) in [5.41, 5.74) is 1.27. The highest BCUT2D eigenvalue weighted by atomic mass is 19.4. The molecule has 3 aromatic rings. The first kappa shape index (κ1) is 18.6. The van der Waals surface area contributed by atoms with E-state index in [0.29, 0.717) is 11.1 Å². The van der Waals surface area contributed by atoms with Crippen LogP contribution in [-0.2, 0) is 12.7 Å².